The number of guanidine groups is 1. The lowest BCUT2D eigenvalue weighted by molar-refractivity contribution is -0.121. The molecule has 0 aliphatic heterocycles. The van der Waals surface area contributed by atoms with E-state index in [-0.39, 0.29) is 17.8 Å². The van der Waals surface area contributed by atoms with Crippen molar-refractivity contribution in [1.29, 1.82) is 0 Å². The standard InChI is InChI=1S/C20H31FN4O2/c1-3-17(27-18-10-6-7-15(21)13-18)14-24-20(22-2)23-12-11-19(26)25-16-8-4-5-9-16/h6-7,10,13,16-17H,3-5,8-9,11-12,14H2,1-2H3,(H,25,26)(H2,22,23,24). The highest BCUT2D eigenvalue weighted by molar-refractivity contribution is 5.81. The van der Waals surface area contributed by atoms with Crippen LogP contribution in [0.1, 0.15) is 45.4 Å². The molecule has 1 amide bonds. The Morgan fingerprint density at radius 1 is 1.33 bits per heavy atom. The van der Waals surface area contributed by atoms with Gasteiger partial charge in [-0.1, -0.05) is 25.8 Å². The van der Waals surface area contributed by atoms with E-state index in [9.17, 15) is 9.18 Å². The molecule has 150 valence electrons. The lowest BCUT2D eigenvalue weighted by Crippen LogP contribution is -2.43. The Bertz CT molecular complexity index is 618. The molecule has 7 heteroatoms. The van der Waals surface area contributed by atoms with Crippen molar-refractivity contribution in [1.82, 2.24) is 16.0 Å². The van der Waals surface area contributed by atoms with Crippen LogP contribution in [0.4, 0.5) is 4.39 Å². The first-order valence-electron chi connectivity index (χ1n) is 9.76. The molecule has 0 bridgehead atoms. The molecule has 2 rings (SSSR count). The highest BCUT2D eigenvalue weighted by Gasteiger charge is 2.16. The van der Waals surface area contributed by atoms with Gasteiger partial charge in [0.25, 0.3) is 0 Å². The predicted octanol–water partition coefficient (Wildman–Crippen LogP) is 2.60. The van der Waals surface area contributed by atoms with Crippen LogP contribution in [0.3, 0.4) is 0 Å². The Balaban J connectivity index is 1.68. The summed E-state index contributed by atoms with van der Waals surface area (Å²) in [7, 11) is 1.68. The van der Waals surface area contributed by atoms with Gasteiger partial charge in [0.15, 0.2) is 5.96 Å². The molecule has 1 aliphatic carbocycles. The van der Waals surface area contributed by atoms with Gasteiger partial charge in [-0.05, 0) is 31.4 Å². The van der Waals surface area contributed by atoms with Crippen LogP contribution in [-0.2, 0) is 4.79 Å². The molecule has 1 aromatic carbocycles. The number of rotatable bonds is 9. The van der Waals surface area contributed by atoms with Crippen LogP contribution in [0.5, 0.6) is 5.75 Å². The second-order valence-electron chi connectivity index (χ2n) is 6.78. The van der Waals surface area contributed by atoms with Gasteiger partial charge in [-0.25, -0.2) is 4.39 Å². The second kappa shape index (κ2) is 11.4. The predicted molar refractivity (Wildman–Crippen MR) is 105 cm³/mol. The fourth-order valence-corrected chi connectivity index (χ4v) is 3.10. The first kappa shape index (κ1) is 21.0. The molecule has 0 aromatic heterocycles. The molecule has 1 fully saturated rings. The van der Waals surface area contributed by atoms with Crippen molar-refractivity contribution in [3.63, 3.8) is 0 Å². The van der Waals surface area contributed by atoms with Gasteiger partial charge in [-0.2, -0.15) is 0 Å². The van der Waals surface area contributed by atoms with Crippen LogP contribution in [-0.4, -0.2) is 44.1 Å². The topological polar surface area (TPSA) is 74.8 Å². The molecule has 1 unspecified atom stereocenters. The largest absolute Gasteiger partial charge is 0.489 e. The van der Waals surface area contributed by atoms with Crippen LogP contribution in [0.2, 0.25) is 0 Å². The summed E-state index contributed by atoms with van der Waals surface area (Å²) in [6.07, 6.45) is 5.65. The summed E-state index contributed by atoms with van der Waals surface area (Å²) >= 11 is 0. The van der Waals surface area contributed by atoms with E-state index in [1.807, 2.05) is 6.92 Å². The molecule has 1 atom stereocenters. The fraction of sp³-hybridized carbons (Fsp3) is 0.600. The molecule has 27 heavy (non-hydrogen) atoms. The zero-order valence-electron chi connectivity index (χ0n) is 16.3. The number of halogens is 1. The van der Waals surface area contributed by atoms with Crippen molar-refractivity contribution < 1.29 is 13.9 Å². The number of ether oxygens (including phenoxy) is 1. The monoisotopic (exact) mass is 378 g/mol. The lowest BCUT2D eigenvalue weighted by Gasteiger charge is -2.20. The summed E-state index contributed by atoms with van der Waals surface area (Å²) in [5, 5.41) is 9.40. The summed E-state index contributed by atoms with van der Waals surface area (Å²) in [4.78, 5) is 16.1. The van der Waals surface area contributed by atoms with Crippen molar-refractivity contribution in [3.8, 4) is 5.75 Å². The number of carbonyl (C=O) groups excluding carboxylic acids is 1. The zero-order valence-corrected chi connectivity index (χ0v) is 16.3. The number of hydrogen-bond acceptors (Lipinski definition) is 3. The Morgan fingerprint density at radius 3 is 2.78 bits per heavy atom. The van der Waals surface area contributed by atoms with Crippen LogP contribution in [0.25, 0.3) is 0 Å². The Morgan fingerprint density at radius 2 is 2.11 bits per heavy atom. The van der Waals surface area contributed by atoms with Crippen LogP contribution in [0.15, 0.2) is 29.3 Å². The first-order chi connectivity index (χ1) is 13.1. The Kier molecular flexibility index (Phi) is 8.87. The van der Waals surface area contributed by atoms with Crippen LogP contribution >= 0.6 is 0 Å². The summed E-state index contributed by atoms with van der Waals surface area (Å²) in [5.41, 5.74) is 0. The minimum atomic E-state index is -0.316. The number of nitrogens with one attached hydrogen (secondary N) is 3. The maximum atomic E-state index is 13.3. The average Bonchev–Trinajstić information content (AvgIpc) is 3.16. The molecule has 1 saturated carbocycles. The van der Waals surface area contributed by atoms with Gasteiger partial charge in [0, 0.05) is 32.1 Å². The third kappa shape index (κ3) is 7.85. The molecule has 3 N–H and O–H groups in total. The van der Waals surface area contributed by atoms with E-state index in [0.717, 1.165) is 19.3 Å². The third-order valence-corrected chi connectivity index (χ3v) is 4.64. The SMILES string of the molecule is CCC(CNC(=NC)NCCC(=O)NC1CCCC1)Oc1cccc(F)c1. The molecule has 0 radical (unpaired) electrons. The van der Waals surface area contributed by atoms with E-state index in [0.29, 0.717) is 37.3 Å². The van der Waals surface area contributed by atoms with Gasteiger partial charge in [-0.15, -0.1) is 0 Å². The molecule has 0 heterocycles. The van der Waals surface area contributed by atoms with Crippen molar-refractivity contribution in [2.24, 2.45) is 4.99 Å². The number of nitrogens with zero attached hydrogens (tertiary/aromatic N) is 1. The molecular weight excluding hydrogens is 347 g/mol. The number of hydrogen-bond donors (Lipinski definition) is 3. The van der Waals surface area contributed by atoms with E-state index >= 15 is 0 Å². The molecule has 0 saturated heterocycles. The second-order valence-corrected chi connectivity index (χ2v) is 6.78. The van der Waals surface area contributed by atoms with E-state index in [4.69, 9.17) is 4.74 Å². The molecule has 1 aliphatic rings. The maximum absolute atomic E-state index is 13.3. The van der Waals surface area contributed by atoms with Crippen molar-refractivity contribution in [3.05, 3.63) is 30.1 Å². The third-order valence-electron chi connectivity index (χ3n) is 4.64. The average molecular weight is 378 g/mol. The number of aliphatic imine (C=N–C) groups is 1. The minimum Gasteiger partial charge on any atom is -0.489 e. The van der Waals surface area contributed by atoms with Gasteiger partial charge in [-0.3, -0.25) is 9.79 Å². The van der Waals surface area contributed by atoms with Gasteiger partial charge in [0.1, 0.15) is 17.7 Å². The Hall–Kier alpha value is -2.31. The van der Waals surface area contributed by atoms with Crippen molar-refractivity contribution in [2.75, 3.05) is 20.1 Å². The minimum absolute atomic E-state index is 0.0747. The Labute approximate surface area is 161 Å². The highest BCUT2D eigenvalue weighted by atomic mass is 19.1. The normalized spacial score (nSPS) is 16.0. The summed E-state index contributed by atoms with van der Waals surface area (Å²) in [6.45, 7) is 3.05. The van der Waals surface area contributed by atoms with Crippen LogP contribution in [0, 0.1) is 5.82 Å². The van der Waals surface area contributed by atoms with E-state index in [1.165, 1.54) is 25.0 Å². The van der Waals surface area contributed by atoms with Crippen molar-refractivity contribution >= 4 is 11.9 Å². The van der Waals surface area contributed by atoms with Gasteiger partial charge in [0.05, 0.1) is 6.54 Å². The molecule has 6 nitrogen and oxygen atoms in total. The van der Waals surface area contributed by atoms with Crippen molar-refractivity contribution in [2.45, 2.75) is 57.6 Å². The van der Waals surface area contributed by atoms with E-state index < -0.39 is 0 Å². The lowest BCUT2D eigenvalue weighted by atomic mass is 10.2. The number of carbonyl (C=O) groups is 1. The van der Waals surface area contributed by atoms with E-state index in [1.54, 1.807) is 19.2 Å². The molecule has 0 spiro atoms. The van der Waals surface area contributed by atoms with Crippen LogP contribution < -0.4 is 20.7 Å². The summed E-state index contributed by atoms with van der Waals surface area (Å²) in [6, 6.07) is 6.48. The highest BCUT2D eigenvalue weighted by Crippen LogP contribution is 2.17. The summed E-state index contributed by atoms with van der Waals surface area (Å²) in [5.74, 6) is 0.884. The van der Waals surface area contributed by atoms with E-state index in [2.05, 4.69) is 20.9 Å². The fourth-order valence-electron chi connectivity index (χ4n) is 3.10. The molecular formula is C20H31FN4O2. The quantitative estimate of drug-likeness (QED) is 0.456. The molecule has 1 aromatic rings. The summed E-state index contributed by atoms with van der Waals surface area (Å²) < 4.78 is 19.1. The van der Waals surface area contributed by atoms with Gasteiger partial charge < -0.3 is 20.7 Å². The smallest absolute Gasteiger partial charge is 0.221 e. The first-order valence-corrected chi connectivity index (χ1v) is 9.76. The number of amides is 1. The maximum Gasteiger partial charge on any atom is 0.221 e. The number of benzene rings is 1. The van der Waals surface area contributed by atoms with Gasteiger partial charge >= 0.3 is 0 Å². The van der Waals surface area contributed by atoms with Gasteiger partial charge in [0.2, 0.25) is 5.91 Å². The zero-order chi connectivity index (χ0) is 19.5.